The van der Waals surface area contributed by atoms with Gasteiger partial charge in [0.2, 0.25) is 0 Å². The van der Waals surface area contributed by atoms with Crippen molar-refractivity contribution in [2.45, 2.75) is 117 Å². The second kappa shape index (κ2) is 20.6. The fraction of sp³-hybridized carbons (Fsp3) is 0.957. The van der Waals surface area contributed by atoms with Crippen molar-refractivity contribution < 1.29 is 31.4 Å². The number of unbranched alkanes of at least 4 members (excludes halogenated alkanes) is 10. The van der Waals surface area contributed by atoms with Gasteiger partial charge in [0.25, 0.3) is 0 Å². The molecule has 0 heterocycles. The van der Waals surface area contributed by atoms with Gasteiger partial charge < -0.3 is 26.6 Å². The minimum Gasteiger partial charge on any atom is -1.00 e. The van der Waals surface area contributed by atoms with Crippen molar-refractivity contribution in [1.29, 1.82) is 0 Å². The first-order valence-electron chi connectivity index (χ1n) is 11.7. The summed E-state index contributed by atoms with van der Waals surface area (Å²) in [4.78, 5) is 10.5. The quantitative estimate of drug-likeness (QED) is 0.226. The van der Waals surface area contributed by atoms with E-state index in [1.807, 2.05) is 0 Å². The highest BCUT2D eigenvalue weighted by molar-refractivity contribution is 5.66. The van der Waals surface area contributed by atoms with E-state index in [9.17, 15) is 4.79 Å². The maximum absolute atomic E-state index is 10.5. The predicted molar refractivity (Wildman–Crippen MR) is 114 cm³/mol. The van der Waals surface area contributed by atoms with Gasteiger partial charge >= 0.3 is 5.97 Å². The van der Waals surface area contributed by atoms with E-state index in [0.29, 0.717) is 6.42 Å². The number of nitrogens with zero attached hydrogens (tertiary/aromatic N) is 1. The van der Waals surface area contributed by atoms with Crippen LogP contribution < -0.4 is 17.0 Å². The second-order valence-electron chi connectivity index (χ2n) is 8.27. The maximum Gasteiger partial charge on any atom is 0.303 e. The summed E-state index contributed by atoms with van der Waals surface area (Å²) in [5.74, 6) is -0.652. The second-order valence-corrected chi connectivity index (χ2v) is 8.27. The molecule has 0 saturated carbocycles. The molecule has 0 aromatic carbocycles. The largest absolute Gasteiger partial charge is 1.00 e. The highest BCUT2D eigenvalue weighted by Crippen LogP contribution is 2.18. The van der Waals surface area contributed by atoms with E-state index in [4.69, 9.17) is 5.11 Å². The third-order valence-corrected chi connectivity index (χ3v) is 5.73. The Kier molecular flexibility index (Phi) is 22.3. The molecule has 164 valence electrons. The van der Waals surface area contributed by atoms with Crippen molar-refractivity contribution in [3.05, 3.63) is 0 Å². The van der Waals surface area contributed by atoms with E-state index in [-0.39, 0.29) is 17.0 Å². The number of carboxylic acids is 1. The van der Waals surface area contributed by atoms with Crippen LogP contribution in [0, 0.1) is 0 Å². The third kappa shape index (κ3) is 17.7. The molecule has 0 spiro atoms. The lowest BCUT2D eigenvalue weighted by Crippen LogP contribution is -3.00. The third-order valence-electron chi connectivity index (χ3n) is 5.73. The normalized spacial score (nSPS) is 11.4. The molecule has 27 heavy (non-hydrogen) atoms. The van der Waals surface area contributed by atoms with E-state index < -0.39 is 5.97 Å². The summed E-state index contributed by atoms with van der Waals surface area (Å²) in [5, 5.41) is 8.64. The van der Waals surface area contributed by atoms with Gasteiger partial charge in [0, 0.05) is 6.42 Å². The molecule has 1 N–H and O–H groups in total. The predicted octanol–water partition coefficient (Wildman–Crippen LogP) is 3.80. The van der Waals surface area contributed by atoms with Crippen LogP contribution in [-0.2, 0) is 4.79 Å². The van der Waals surface area contributed by atoms with Crippen LogP contribution in [0.5, 0.6) is 0 Å². The molecule has 0 aromatic heterocycles. The Hall–Kier alpha value is -0.0900. The average molecular weight is 451 g/mol. The summed E-state index contributed by atoms with van der Waals surface area (Å²) in [5.41, 5.74) is 0. The van der Waals surface area contributed by atoms with E-state index >= 15 is 0 Å². The van der Waals surface area contributed by atoms with Gasteiger partial charge in [0.15, 0.2) is 0 Å². The molecule has 4 heteroatoms. The van der Waals surface area contributed by atoms with Crippen molar-refractivity contribution in [2.24, 2.45) is 0 Å². The average Bonchev–Trinajstić information content (AvgIpc) is 2.63. The van der Waals surface area contributed by atoms with Crippen LogP contribution in [0.1, 0.15) is 117 Å². The molecule has 0 unspecified atom stereocenters. The lowest BCUT2D eigenvalue weighted by molar-refractivity contribution is -0.929. The van der Waals surface area contributed by atoms with Gasteiger partial charge in [-0.25, -0.2) is 0 Å². The first-order chi connectivity index (χ1) is 12.6. The SMILES string of the molecule is CCCC[N+](CCCC)(CCCC)CCCCCCCCCCC(=O)O.[Br-]. The number of hydrogen-bond acceptors (Lipinski definition) is 1. The Morgan fingerprint density at radius 1 is 0.593 bits per heavy atom. The zero-order chi connectivity index (χ0) is 19.5. The van der Waals surface area contributed by atoms with Gasteiger partial charge in [-0.15, -0.1) is 0 Å². The number of halogens is 1. The van der Waals surface area contributed by atoms with Crippen molar-refractivity contribution >= 4 is 5.97 Å². The number of carboxylic acid groups (broad SMARTS) is 1. The Balaban J connectivity index is 0. The molecule has 0 aliphatic rings. The van der Waals surface area contributed by atoms with Gasteiger partial charge in [-0.3, -0.25) is 4.79 Å². The summed E-state index contributed by atoms with van der Waals surface area (Å²) in [7, 11) is 0. The van der Waals surface area contributed by atoms with E-state index in [0.717, 1.165) is 12.8 Å². The van der Waals surface area contributed by atoms with Gasteiger partial charge in [0.05, 0.1) is 26.2 Å². The first-order valence-corrected chi connectivity index (χ1v) is 11.7. The molecular weight excluding hydrogens is 402 g/mol. The molecule has 0 rings (SSSR count). The molecule has 3 nitrogen and oxygen atoms in total. The van der Waals surface area contributed by atoms with Crippen LogP contribution in [0.4, 0.5) is 0 Å². The van der Waals surface area contributed by atoms with Crippen molar-refractivity contribution in [3.8, 4) is 0 Å². The van der Waals surface area contributed by atoms with Crippen LogP contribution in [-0.4, -0.2) is 41.7 Å². The summed E-state index contributed by atoms with van der Waals surface area (Å²) in [6.45, 7) is 12.5. The number of hydrogen-bond donors (Lipinski definition) is 1. The molecule has 0 atom stereocenters. The van der Waals surface area contributed by atoms with Crippen molar-refractivity contribution in [1.82, 2.24) is 0 Å². The highest BCUT2D eigenvalue weighted by Gasteiger charge is 2.24. The Bertz CT molecular complexity index is 302. The minimum atomic E-state index is -0.652. The van der Waals surface area contributed by atoms with Crippen LogP contribution >= 0.6 is 0 Å². The Morgan fingerprint density at radius 3 is 1.30 bits per heavy atom. The Labute approximate surface area is 180 Å². The minimum absolute atomic E-state index is 0. The van der Waals surface area contributed by atoms with Gasteiger partial charge in [-0.2, -0.15) is 0 Å². The van der Waals surface area contributed by atoms with Crippen molar-refractivity contribution in [2.75, 3.05) is 26.2 Å². The summed E-state index contributed by atoms with van der Waals surface area (Å²) < 4.78 is 1.38. The summed E-state index contributed by atoms with van der Waals surface area (Å²) in [6.07, 6.45) is 18.3. The first kappa shape index (κ1) is 29.1. The molecular formula is C23H48BrNO2. The highest BCUT2D eigenvalue weighted by atomic mass is 79.9. The molecule has 0 saturated heterocycles. The monoisotopic (exact) mass is 449 g/mol. The lowest BCUT2D eigenvalue weighted by atomic mass is 10.1. The summed E-state index contributed by atoms with van der Waals surface area (Å²) in [6, 6.07) is 0. The van der Waals surface area contributed by atoms with Crippen LogP contribution in [0.25, 0.3) is 0 Å². The van der Waals surface area contributed by atoms with Crippen LogP contribution in [0.3, 0.4) is 0 Å². The topological polar surface area (TPSA) is 37.3 Å². The molecule has 0 aromatic rings. The number of aliphatic carboxylic acids is 1. The zero-order valence-electron chi connectivity index (χ0n) is 18.6. The van der Waals surface area contributed by atoms with Gasteiger partial charge in [-0.05, 0) is 38.5 Å². The molecule has 0 bridgehead atoms. The lowest BCUT2D eigenvalue weighted by Gasteiger charge is -2.39. The standard InChI is InChI=1S/C23H47NO2.BrH/c1-4-7-19-24(20-8-5-2,21-9-6-3)22-17-15-13-11-10-12-14-16-18-23(25)26;/h4-22H2,1-3H3;1H. The van der Waals surface area contributed by atoms with Crippen LogP contribution in [0.15, 0.2) is 0 Å². The smallest absolute Gasteiger partial charge is 0.303 e. The molecule has 0 aliphatic carbocycles. The summed E-state index contributed by atoms with van der Waals surface area (Å²) >= 11 is 0. The van der Waals surface area contributed by atoms with E-state index in [2.05, 4.69) is 20.8 Å². The molecule has 0 fully saturated rings. The van der Waals surface area contributed by atoms with Crippen molar-refractivity contribution in [3.63, 3.8) is 0 Å². The molecule has 0 radical (unpaired) electrons. The number of rotatable bonds is 20. The zero-order valence-corrected chi connectivity index (χ0v) is 20.2. The van der Waals surface area contributed by atoms with E-state index in [1.165, 1.54) is 108 Å². The van der Waals surface area contributed by atoms with Gasteiger partial charge in [0.1, 0.15) is 0 Å². The molecule has 0 amide bonds. The number of carbonyl (C=O) groups is 1. The molecule has 0 aliphatic heterocycles. The Morgan fingerprint density at radius 2 is 0.926 bits per heavy atom. The number of quaternary nitrogens is 1. The van der Waals surface area contributed by atoms with E-state index in [1.54, 1.807) is 0 Å². The van der Waals surface area contributed by atoms with Crippen LogP contribution in [0.2, 0.25) is 0 Å². The van der Waals surface area contributed by atoms with Gasteiger partial charge in [-0.1, -0.05) is 72.1 Å². The maximum atomic E-state index is 10.5. The fourth-order valence-corrected chi connectivity index (χ4v) is 3.94. The fourth-order valence-electron chi connectivity index (χ4n) is 3.94.